The normalized spacial score (nSPS) is 16.6. The van der Waals surface area contributed by atoms with Gasteiger partial charge in [-0.2, -0.15) is 0 Å². The minimum Gasteiger partial charge on any atom is -0.490 e. The highest BCUT2D eigenvalue weighted by molar-refractivity contribution is 5.40. The molecule has 1 unspecified atom stereocenters. The molecule has 0 saturated heterocycles. The van der Waals surface area contributed by atoms with Crippen molar-refractivity contribution >= 4 is 0 Å². The second-order valence-electron chi connectivity index (χ2n) is 4.88. The maximum Gasteiger partial charge on any atom is 0.165 e. The molecule has 2 N–H and O–H groups in total. The smallest absolute Gasteiger partial charge is 0.165 e. The zero-order chi connectivity index (χ0) is 13.2. The van der Waals surface area contributed by atoms with E-state index in [1.165, 1.54) is 17.2 Å². The van der Waals surface area contributed by atoms with Crippen molar-refractivity contribution in [2.24, 2.45) is 5.73 Å². The lowest BCUT2D eigenvalue weighted by Crippen LogP contribution is -2.23. The fourth-order valence-electron chi connectivity index (χ4n) is 2.49. The van der Waals surface area contributed by atoms with E-state index >= 15 is 0 Å². The number of fused-ring (bicyclic) bond motifs is 1. The summed E-state index contributed by atoms with van der Waals surface area (Å²) in [4.78, 5) is 0. The number of rotatable bonds is 4. The van der Waals surface area contributed by atoms with Gasteiger partial charge in [0.1, 0.15) is 0 Å². The molecule has 2 aromatic rings. The van der Waals surface area contributed by atoms with Gasteiger partial charge in [0.15, 0.2) is 11.6 Å². The van der Waals surface area contributed by atoms with E-state index in [1.54, 1.807) is 12.1 Å². The molecule has 2 aromatic carbocycles. The molecule has 0 amide bonds. The quantitative estimate of drug-likeness (QED) is 0.913. The summed E-state index contributed by atoms with van der Waals surface area (Å²) in [7, 11) is 0. The van der Waals surface area contributed by atoms with Crippen LogP contribution in [0.15, 0.2) is 42.5 Å². The molecule has 0 aliphatic heterocycles. The van der Waals surface area contributed by atoms with Gasteiger partial charge in [0.2, 0.25) is 0 Å². The van der Waals surface area contributed by atoms with Crippen molar-refractivity contribution in [3.05, 3.63) is 65.0 Å². The summed E-state index contributed by atoms with van der Waals surface area (Å²) in [5.74, 6) is 0.349. The van der Waals surface area contributed by atoms with Crippen molar-refractivity contribution in [3.63, 3.8) is 0 Å². The molecule has 0 heterocycles. The third-order valence-corrected chi connectivity index (χ3v) is 3.63. The highest BCUT2D eigenvalue weighted by Crippen LogP contribution is 2.35. The fraction of sp³-hybridized carbons (Fsp3) is 0.250. The van der Waals surface area contributed by atoms with E-state index in [1.807, 2.05) is 12.1 Å². The fourth-order valence-corrected chi connectivity index (χ4v) is 2.49. The van der Waals surface area contributed by atoms with Crippen LogP contribution in [0.5, 0.6) is 5.75 Å². The summed E-state index contributed by atoms with van der Waals surface area (Å²) >= 11 is 0. The van der Waals surface area contributed by atoms with Crippen LogP contribution < -0.4 is 10.5 Å². The molecule has 0 aromatic heterocycles. The first kappa shape index (κ1) is 12.2. The minimum atomic E-state index is -0.337. The molecule has 0 saturated carbocycles. The van der Waals surface area contributed by atoms with Gasteiger partial charge in [-0.1, -0.05) is 30.3 Å². The van der Waals surface area contributed by atoms with E-state index in [2.05, 4.69) is 12.1 Å². The van der Waals surface area contributed by atoms with Crippen LogP contribution in [0.1, 0.15) is 22.6 Å². The van der Waals surface area contributed by atoms with Gasteiger partial charge in [0.05, 0.1) is 6.61 Å². The molecule has 98 valence electrons. The Kier molecular flexibility index (Phi) is 3.22. The van der Waals surface area contributed by atoms with Crippen molar-refractivity contribution < 1.29 is 9.13 Å². The van der Waals surface area contributed by atoms with Gasteiger partial charge in [0.25, 0.3) is 0 Å². The average molecular weight is 257 g/mol. The summed E-state index contributed by atoms with van der Waals surface area (Å²) in [6.45, 7) is 0.864. The molecule has 0 spiro atoms. The predicted octanol–water partition coefficient (Wildman–Crippen LogP) is 3.00. The topological polar surface area (TPSA) is 35.2 Å². The van der Waals surface area contributed by atoms with Crippen LogP contribution in [0, 0.1) is 5.82 Å². The van der Waals surface area contributed by atoms with E-state index in [0.29, 0.717) is 24.8 Å². The van der Waals surface area contributed by atoms with Gasteiger partial charge in [-0.05, 0) is 35.2 Å². The van der Waals surface area contributed by atoms with E-state index in [9.17, 15) is 4.39 Å². The third kappa shape index (κ3) is 2.34. The van der Waals surface area contributed by atoms with Gasteiger partial charge < -0.3 is 10.5 Å². The molecule has 19 heavy (non-hydrogen) atoms. The van der Waals surface area contributed by atoms with Crippen LogP contribution in [-0.4, -0.2) is 6.61 Å². The van der Waals surface area contributed by atoms with Crippen molar-refractivity contribution in [1.29, 1.82) is 0 Å². The summed E-state index contributed by atoms with van der Waals surface area (Å²) in [5, 5.41) is 0. The number of nitrogens with two attached hydrogens (primary N) is 1. The van der Waals surface area contributed by atoms with Crippen LogP contribution in [0.4, 0.5) is 4.39 Å². The van der Waals surface area contributed by atoms with E-state index in [-0.39, 0.29) is 5.82 Å². The molecule has 0 fully saturated rings. The number of benzene rings is 2. The second kappa shape index (κ2) is 5.02. The maximum absolute atomic E-state index is 13.7. The molecule has 1 atom stereocenters. The van der Waals surface area contributed by atoms with E-state index < -0.39 is 0 Å². The van der Waals surface area contributed by atoms with Crippen LogP contribution in [0.2, 0.25) is 0 Å². The van der Waals surface area contributed by atoms with Gasteiger partial charge in [0, 0.05) is 12.5 Å². The Balaban J connectivity index is 1.65. The molecule has 0 bridgehead atoms. The number of ether oxygens (including phenoxy) is 1. The Bertz CT molecular complexity index is 597. The first-order valence-electron chi connectivity index (χ1n) is 6.47. The lowest BCUT2D eigenvalue weighted by atomic mass is 9.78. The molecular formula is C16H16FNO. The summed E-state index contributed by atoms with van der Waals surface area (Å²) < 4.78 is 19.3. The Morgan fingerprint density at radius 2 is 2.05 bits per heavy atom. The van der Waals surface area contributed by atoms with Crippen LogP contribution in [0.25, 0.3) is 0 Å². The predicted molar refractivity (Wildman–Crippen MR) is 72.7 cm³/mol. The SMILES string of the molecule is NCc1ccc(OCC2Cc3ccccc32)c(F)c1. The zero-order valence-corrected chi connectivity index (χ0v) is 10.6. The first-order valence-corrected chi connectivity index (χ1v) is 6.47. The molecule has 2 nitrogen and oxygen atoms in total. The number of hydrogen-bond acceptors (Lipinski definition) is 2. The van der Waals surface area contributed by atoms with E-state index in [4.69, 9.17) is 10.5 Å². The van der Waals surface area contributed by atoms with Crippen molar-refractivity contribution in [2.75, 3.05) is 6.61 Å². The minimum absolute atomic E-state index is 0.307. The maximum atomic E-state index is 13.7. The highest BCUT2D eigenvalue weighted by atomic mass is 19.1. The summed E-state index contributed by atoms with van der Waals surface area (Å²) in [5.41, 5.74) is 8.94. The second-order valence-corrected chi connectivity index (χ2v) is 4.88. The zero-order valence-electron chi connectivity index (χ0n) is 10.6. The van der Waals surface area contributed by atoms with Gasteiger partial charge in [-0.3, -0.25) is 0 Å². The number of halogens is 1. The molecule has 3 heteroatoms. The number of hydrogen-bond donors (Lipinski definition) is 1. The molecular weight excluding hydrogens is 241 g/mol. The third-order valence-electron chi connectivity index (χ3n) is 3.63. The summed E-state index contributed by atoms with van der Waals surface area (Å²) in [6.07, 6.45) is 1.01. The lowest BCUT2D eigenvalue weighted by Gasteiger charge is -2.29. The van der Waals surface area contributed by atoms with Gasteiger partial charge in [-0.15, -0.1) is 0 Å². The van der Waals surface area contributed by atoms with Crippen molar-refractivity contribution in [1.82, 2.24) is 0 Å². The van der Waals surface area contributed by atoms with E-state index in [0.717, 1.165) is 12.0 Å². The Morgan fingerprint density at radius 1 is 1.21 bits per heavy atom. The Morgan fingerprint density at radius 3 is 2.79 bits per heavy atom. The van der Waals surface area contributed by atoms with Crippen LogP contribution >= 0.6 is 0 Å². The summed E-state index contributed by atoms with van der Waals surface area (Å²) in [6, 6.07) is 13.2. The monoisotopic (exact) mass is 257 g/mol. The van der Waals surface area contributed by atoms with Crippen LogP contribution in [-0.2, 0) is 13.0 Å². The Hall–Kier alpha value is -1.87. The molecule has 1 aliphatic carbocycles. The Labute approximate surface area is 112 Å². The standard InChI is InChI=1S/C16H16FNO/c17-15-7-11(9-18)5-6-16(15)19-10-13-8-12-3-1-2-4-14(12)13/h1-7,13H,8-10,18H2. The van der Waals surface area contributed by atoms with Crippen LogP contribution in [0.3, 0.4) is 0 Å². The lowest BCUT2D eigenvalue weighted by molar-refractivity contribution is 0.263. The largest absolute Gasteiger partial charge is 0.490 e. The molecule has 3 rings (SSSR count). The van der Waals surface area contributed by atoms with Crippen molar-refractivity contribution in [3.8, 4) is 5.75 Å². The average Bonchev–Trinajstić information content (AvgIpc) is 2.41. The highest BCUT2D eigenvalue weighted by Gasteiger charge is 2.26. The molecule has 1 aliphatic rings. The molecule has 0 radical (unpaired) electrons. The van der Waals surface area contributed by atoms with Crippen molar-refractivity contribution in [2.45, 2.75) is 18.9 Å². The van der Waals surface area contributed by atoms with Gasteiger partial charge in [-0.25, -0.2) is 4.39 Å². The van der Waals surface area contributed by atoms with Gasteiger partial charge >= 0.3 is 0 Å². The first-order chi connectivity index (χ1) is 9.28.